The molecule has 1 aromatic carbocycles. The normalized spacial score (nSPS) is 10.7. The second kappa shape index (κ2) is 14.3. The van der Waals surface area contributed by atoms with Gasteiger partial charge in [0.25, 0.3) is 0 Å². The zero-order valence-electron chi connectivity index (χ0n) is 15.8. The van der Waals surface area contributed by atoms with Gasteiger partial charge in [-0.2, -0.15) is 0 Å². The van der Waals surface area contributed by atoms with Gasteiger partial charge in [0.1, 0.15) is 5.76 Å². The summed E-state index contributed by atoms with van der Waals surface area (Å²) < 4.78 is 11.0. The molecule has 0 amide bonds. The Morgan fingerprint density at radius 3 is 2.48 bits per heavy atom. The number of benzene rings is 1. The molecule has 25 heavy (non-hydrogen) atoms. The molecule has 3 N–H and O–H groups in total. The topological polar surface area (TPSA) is 83.3 Å². The van der Waals surface area contributed by atoms with Crippen LogP contribution in [0.1, 0.15) is 39.2 Å². The van der Waals surface area contributed by atoms with Gasteiger partial charge in [0.15, 0.2) is 11.5 Å². The van der Waals surface area contributed by atoms with Crippen molar-refractivity contribution in [1.29, 1.82) is 0 Å². The minimum absolute atomic E-state index is 0.112. The van der Waals surface area contributed by atoms with E-state index >= 15 is 0 Å². The SMILES string of the molecule is C=Nc1cc(OCCCNCCO)c(OC)cc1/C(O)=C\C.CCC. The molecule has 0 spiro atoms. The average molecular weight is 352 g/mol. The Hall–Kier alpha value is -2.05. The molecule has 0 aromatic heterocycles. The van der Waals surface area contributed by atoms with E-state index in [9.17, 15) is 5.11 Å². The van der Waals surface area contributed by atoms with Crippen molar-refractivity contribution in [2.45, 2.75) is 33.6 Å². The molecule has 0 fully saturated rings. The van der Waals surface area contributed by atoms with Crippen LogP contribution in [-0.2, 0) is 0 Å². The molecule has 6 nitrogen and oxygen atoms in total. The molecular weight excluding hydrogens is 320 g/mol. The van der Waals surface area contributed by atoms with Gasteiger partial charge < -0.3 is 25.0 Å². The van der Waals surface area contributed by atoms with Gasteiger partial charge in [-0.1, -0.05) is 20.3 Å². The first-order valence-electron chi connectivity index (χ1n) is 8.58. The highest BCUT2D eigenvalue weighted by molar-refractivity contribution is 5.74. The molecule has 0 radical (unpaired) electrons. The van der Waals surface area contributed by atoms with E-state index in [0.717, 1.165) is 13.0 Å². The number of allylic oxidation sites excluding steroid dienone is 1. The second-order valence-electron chi connectivity index (χ2n) is 5.23. The fraction of sp³-hybridized carbons (Fsp3) is 0.526. The Balaban J connectivity index is 0.00000178. The minimum Gasteiger partial charge on any atom is -0.508 e. The maximum Gasteiger partial charge on any atom is 0.163 e. The smallest absolute Gasteiger partial charge is 0.163 e. The highest BCUT2D eigenvalue weighted by Crippen LogP contribution is 2.37. The standard InChI is InChI=1S/C16H24N2O4.C3H8/c1-4-14(20)12-10-15(21-3)16(11-13(12)17-2)22-9-5-6-18-7-8-19;1-3-2/h4,10-11,18-20H,2,5-9H2,1,3H3;3H2,1-2H3/b14-4+;. The number of methoxy groups -OCH3 is 1. The molecule has 0 aliphatic carbocycles. The van der Waals surface area contributed by atoms with Gasteiger partial charge in [0.2, 0.25) is 0 Å². The van der Waals surface area contributed by atoms with E-state index in [1.54, 1.807) is 32.2 Å². The summed E-state index contributed by atoms with van der Waals surface area (Å²) >= 11 is 0. The molecule has 0 aliphatic heterocycles. The molecule has 142 valence electrons. The van der Waals surface area contributed by atoms with Crippen LogP contribution in [0, 0.1) is 0 Å². The van der Waals surface area contributed by atoms with Crippen molar-refractivity contribution >= 4 is 18.2 Å². The summed E-state index contributed by atoms with van der Waals surface area (Å²) in [6.45, 7) is 11.5. The van der Waals surface area contributed by atoms with Crippen molar-refractivity contribution in [3.05, 3.63) is 23.8 Å². The fourth-order valence-corrected chi connectivity index (χ4v) is 1.90. The van der Waals surface area contributed by atoms with E-state index in [4.69, 9.17) is 14.6 Å². The lowest BCUT2D eigenvalue weighted by atomic mass is 10.1. The molecule has 1 rings (SSSR count). The summed E-state index contributed by atoms with van der Waals surface area (Å²) in [6, 6.07) is 3.38. The quantitative estimate of drug-likeness (QED) is 0.340. The number of nitrogens with one attached hydrogen (secondary N) is 1. The second-order valence-corrected chi connectivity index (χ2v) is 5.23. The van der Waals surface area contributed by atoms with Gasteiger partial charge in [-0.15, -0.1) is 0 Å². The third-order valence-corrected chi connectivity index (χ3v) is 3.05. The van der Waals surface area contributed by atoms with Crippen molar-refractivity contribution < 1.29 is 19.7 Å². The maximum absolute atomic E-state index is 9.90. The van der Waals surface area contributed by atoms with E-state index in [2.05, 4.69) is 30.9 Å². The number of hydrogen-bond acceptors (Lipinski definition) is 6. The summed E-state index contributed by atoms with van der Waals surface area (Å²) in [6.07, 6.45) is 3.62. The Bertz CT molecular complexity index is 530. The van der Waals surface area contributed by atoms with Crippen molar-refractivity contribution in [3.8, 4) is 11.5 Å². The van der Waals surface area contributed by atoms with Gasteiger partial charge in [-0.25, -0.2) is 0 Å². The third kappa shape index (κ3) is 8.56. The van der Waals surface area contributed by atoms with E-state index in [1.807, 2.05) is 0 Å². The van der Waals surface area contributed by atoms with Gasteiger partial charge >= 0.3 is 0 Å². The highest BCUT2D eigenvalue weighted by atomic mass is 16.5. The maximum atomic E-state index is 9.90. The zero-order chi connectivity index (χ0) is 19.1. The van der Waals surface area contributed by atoms with Crippen LogP contribution in [-0.4, -0.2) is 50.3 Å². The molecule has 0 bridgehead atoms. The van der Waals surface area contributed by atoms with Crippen LogP contribution in [0.15, 0.2) is 23.2 Å². The van der Waals surface area contributed by atoms with Crippen LogP contribution in [0.2, 0.25) is 0 Å². The first-order valence-corrected chi connectivity index (χ1v) is 8.58. The van der Waals surface area contributed by atoms with Gasteiger partial charge in [0, 0.05) is 18.2 Å². The van der Waals surface area contributed by atoms with E-state index in [1.165, 1.54) is 6.42 Å². The first-order chi connectivity index (χ1) is 12.1. The van der Waals surface area contributed by atoms with Crippen LogP contribution in [0.4, 0.5) is 5.69 Å². The largest absolute Gasteiger partial charge is 0.508 e. The lowest BCUT2D eigenvalue weighted by Gasteiger charge is -2.14. The van der Waals surface area contributed by atoms with E-state index < -0.39 is 0 Å². The van der Waals surface area contributed by atoms with Crippen molar-refractivity contribution in [3.63, 3.8) is 0 Å². The Labute approximate surface area is 151 Å². The molecule has 0 saturated heterocycles. The Morgan fingerprint density at radius 1 is 1.28 bits per heavy atom. The number of aliphatic hydroxyl groups excluding tert-OH is 2. The predicted molar refractivity (Wildman–Crippen MR) is 105 cm³/mol. The Kier molecular flexibility index (Phi) is 13.1. The van der Waals surface area contributed by atoms with Crippen LogP contribution in [0.3, 0.4) is 0 Å². The molecule has 0 unspecified atom stereocenters. The van der Waals surface area contributed by atoms with Crippen LogP contribution in [0.5, 0.6) is 11.5 Å². The summed E-state index contributed by atoms with van der Waals surface area (Å²) in [7, 11) is 1.54. The molecular formula is C19H32N2O4. The first kappa shape index (κ1) is 22.9. The fourth-order valence-electron chi connectivity index (χ4n) is 1.90. The molecule has 0 atom stereocenters. The number of hydrogen-bond donors (Lipinski definition) is 3. The number of ether oxygens (including phenoxy) is 2. The Morgan fingerprint density at radius 2 is 1.96 bits per heavy atom. The third-order valence-electron chi connectivity index (χ3n) is 3.05. The van der Waals surface area contributed by atoms with Crippen LogP contribution < -0.4 is 14.8 Å². The number of aliphatic hydroxyl groups is 2. The van der Waals surface area contributed by atoms with Crippen LogP contribution in [0.25, 0.3) is 5.76 Å². The molecule has 0 saturated carbocycles. The minimum atomic E-state index is 0.112. The van der Waals surface area contributed by atoms with Gasteiger partial charge in [0.05, 0.1) is 26.0 Å². The number of nitrogens with zero attached hydrogens (tertiary/aromatic N) is 1. The van der Waals surface area contributed by atoms with E-state index in [0.29, 0.717) is 35.9 Å². The summed E-state index contributed by atoms with van der Waals surface area (Å²) in [5.41, 5.74) is 1.08. The highest BCUT2D eigenvalue weighted by Gasteiger charge is 2.13. The number of rotatable bonds is 10. The molecule has 1 aromatic rings. The summed E-state index contributed by atoms with van der Waals surface area (Å²) in [4.78, 5) is 3.92. The summed E-state index contributed by atoms with van der Waals surface area (Å²) in [5, 5.41) is 21.6. The van der Waals surface area contributed by atoms with Gasteiger partial charge in [-0.3, -0.25) is 4.99 Å². The van der Waals surface area contributed by atoms with E-state index in [-0.39, 0.29) is 12.4 Å². The van der Waals surface area contributed by atoms with Gasteiger partial charge in [-0.05, 0) is 38.7 Å². The lowest BCUT2D eigenvalue weighted by Crippen LogP contribution is -2.20. The average Bonchev–Trinajstić information content (AvgIpc) is 2.63. The van der Waals surface area contributed by atoms with Crippen molar-refractivity contribution in [2.24, 2.45) is 4.99 Å². The van der Waals surface area contributed by atoms with Crippen molar-refractivity contribution in [2.75, 3.05) is 33.4 Å². The molecule has 0 heterocycles. The number of aliphatic imine (C=N–C) groups is 1. The predicted octanol–water partition coefficient (Wildman–Crippen LogP) is 3.71. The summed E-state index contributed by atoms with van der Waals surface area (Å²) in [5.74, 6) is 1.19. The monoisotopic (exact) mass is 352 g/mol. The molecule has 0 aliphatic rings. The lowest BCUT2D eigenvalue weighted by molar-refractivity contribution is 0.275. The molecule has 6 heteroatoms. The zero-order valence-corrected chi connectivity index (χ0v) is 15.8. The van der Waals surface area contributed by atoms with Crippen molar-refractivity contribution in [1.82, 2.24) is 5.32 Å². The van der Waals surface area contributed by atoms with Crippen LogP contribution >= 0.6 is 0 Å².